The van der Waals surface area contributed by atoms with Crippen molar-refractivity contribution in [2.45, 2.75) is 38.4 Å². The molecule has 3 aromatic carbocycles. The van der Waals surface area contributed by atoms with E-state index in [-0.39, 0.29) is 36.4 Å². The molecule has 6 N–H and O–H groups in total. The van der Waals surface area contributed by atoms with Gasteiger partial charge in [0.25, 0.3) is 5.91 Å². The lowest BCUT2D eigenvalue weighted by Crippen LogP contribution is -2.51. The van der Waals surface area contributed by atoms with Gasteiger partial charge >= 0.3 is 12.0 Å². The highest BCUT2D eigenvalue weighted by molar-refractivity contribution is 6.11. The number of hydrogen-bond donors (Lipinski definition) is 6. The maximum atomic E-state index is 13.9. The molecule has 12 nitrogen and oxygen atoms in total. The molecule has 42 heavy (non-hydrogen) atoms. The number of benzene rings is 3. The number of carboxylic acids is 1. The van der Waals surface area contributed by atoms with Crippen LogP contribution >= 0.6 is 0 Å². The molecule has 0 spiro atoms. The number of fused-ring (bicyclic) bond motifs is 1. The molecule has 0 saturated heterocycles. The Bertz CT molecular complexity index is 1480. The largest absolute Gasteiger partial charge is 0.508 e. The lowest BCUT2D eigenvalue weighted by molar-refractivity contribution is -0.137. The van der Waals surface area contributed by atoms with Crippen LogP contribution in [-0.2, 0) is 27.3 Å². The number of aromatic hydroxyl groups is 1. The molecule has 218 valence electrons. The monoisotopic (exact) mass is 573 g/mol. The van der Waals surface area contributed by atoms with Crippen molar-refractivity contribution in [2.24, 2.45) is 0 Å². The molecule has 0 aromatic heterocycles. The highest BCUT2D eigenvalue weighted by Gasteiger charge is 2.37. The fraction of sp³-hybridized carbons (Fsp3) is 0.233. The van der Waals surface area contributed by atoms with E-state index in [0.717, 1.165) is 10.5 Å². The summed E-state index contributed by atoms with van der Waals surface area (Å²) in [6.45, 7) is 1.29. The number of amides is 5. The Balaban J connectivity index is 1.57. The van der Waals surface area contributed by atoms with Gasteiger partial charge in [0.1, 0.15) is 18.3 Å². The first kappa shape index (κ1) is 29.6. The summed E-state index contributed by atoms with van der Waals surface area (Å²) < 4.78 is 0. The van der Waals surface area contributed by atoms with Gasteiger partial charge in [0, 0.05) is 24.7 Å². The number of carbonyl (C=O) groups is 5. The fourth-order valence-corrected chi connectivity index (χ4v) is 4.54. The van der Waals surface area contributed by atoms with E-state index in [9.17, 15) is 29.1 Å². The Morgan fingerprint density at radius 1 is 0.976 bits per heavy atom. The second kappa shape index (κ2) is 13.3. The van der Waals surface area contributed by atoms with Crippen LogP contribution in [0.1, 0.15) is 34.8 Å². The summed E-state index contributed by atoms with van der Waals surface area (Å²) in [4.78, 5) is 64.8. The Morgan fingerprint density at radius 2 is 1.69 bits per heavy atom. The zero-order chi connectivity index (χ0) is 30.2. The van der Waals surface area contributed by atoms with Gasteiger partial charge < -0.3 is 36.4 Å². The molecule has 4 rings (SSSR count). The van der Waals surface area contributed by atoms with Crippen LogP contribution in [0, 0.1) is 0 Å². The van der Waals surface area contributed by atoms with Gasteiger partial charge in [-0.3, -0.25) is 19.2 Å². The van der Waals surface area contributed by atoms with Crippen LogP contribution < -0.4 is 21.3 Å². The minimum Gasteiger partial charge on any atom is -0.508 e. The summed E-state index contributed by atoms with van der Waals surface area (Å²) in [6.07, 6.45) is -0.280. The highest BCUT2D eigenvalue weighted by atomic mass is 16.4. The third-order valence-electron chi connectivity index (χ3n) is 6.57. The van der Waals surface area contributed by atoms with Gasteiger partial charge in [-0.15, -0.1) is 0 Å². The van der Waals surface area contributed by atoms with E-state index in [2.05, 4.69) is 21.3 Å². The van der Waals surface area contributed by atoms with E-state index in [1.54, 1.807) is 18.2 Å². The van der Waals surface area contributed by atoms with E-state index in [1.807, 2.05) is 30.3 Å². The Morgan fingerprint density at radius 3 is 2.38 bits per heavy atom. The maximum Gasteiger partial charge on any atom is 0.319 e. The van der Waals surface area contributed by atoms with Gasteiger partial charge in [-0.2, -0.15) is 0 Å². The summed E-state index contributed by atoms with van der Waals surface area (Å²) in [7, 11) is 0. The molecule has 0 radical (unpaired) electrons. The predicted molar refractivity (Wildman–Crippen MR) is 154 cm³/mol. The summed E-state index contributed by atoms with van der Waals surface area (Å²) in [6, 6.07) is 17.6. The second-order valence-corrected chi connectivity index (χ2v) is 9.93. The molecule has 1 aliphatic heterocycles. The van der Waals surface area contributed by atoms with Gasteiger partial charge in [0.2, 0.25) is 11.8 Å². The topological polar surface area (TPSA) is 177 Å². The summed E-state index contributed by atoms with van der Waals surface area (Å²) in [5.41, 5.74) is 2.09. The average molecular weight is 574 g/mol. The van der Waals surface area contributed by atoms with Crippen LogP contribution in [-0.4, -0.2) is 63.5 Å². The summed E-state index contributed by atoms with van der Waals surface area (Å²) >= 11 is 0. The van der Waals surface area contributed by atoms with Crippen molar-refractivity contribution < 1.29 is 34.2 Å². The Hall–Kier alpha value is -5.39. The lowest BCUT2D eigenvalue weighted by atomic mass is 10.0. The third kappa shape index (κ3) is 7.84. The molecule has 12 heteroatoms. The fourth-order valence-electron chi connectivity index (χ4n) is 4.54. The van der Waals surface area contributed by atoms with Crippen LogP contribution in [0.2, 0.25) is 0 Å². The summed E-state index contributed by atoms with van der Waals surface area (Å²) in [5, 5.41) is 29.4. The van der Waals surface area contributed by atoms with Gasteiger partial charge in [0.05, 0.1) is 17.7 Å². The normalized spacial score (nSPS) is 15.1. The van der Waals surface area contributed by atoms with Crippen molar-refractivity contribution in [2.75, 3.05) is 17.2 Å². The zero-order valence-corrected chi connectivity index (χ0v) is 22.8. The van der Waals surface area contributed by atoms with E-state index in [1.165, 1.54) is 31.2 Å². The van der Waals surface area contributed by atoms with Crippen molar-refractivity contribution >= 4 is 41.1 Å². The Kier molecular flexibility index (Phi) is 9.38. The smallest absolute Gasteiger partial charge is 0.319 e. The molecular formula is C30H31N5O7. The summed E-state index contributed by atoms with van der Waals surface area (Å²) in [5.74, 6) is -2.88. The molecular weight excluding hydrogens is 542 g/mol. The Labute approximate surface area is 241 Å². The average Bonchev–Trinajstić information content (AvgIpc) is 3.03. The first-order valence-corrected chi connectivity index (χ1v) is 13.2. The molecule has 1 heterocycles. The molecule has 2 atom stereocenters. The molecule has 3 aromatic rings. The van der Waals surface area contributed by atoms with Crippen molar-refractivity contribution in [3.05, 3.63) is 89.5 Å². The number of nitrogens with one attached hydrogen (secondary N) is 4. The number of nitrogens with zero attached hydrogens (tertiary/aromatic N) is 1. The number of carboxylic acid groups (broad SMARTS) is 1. The number of hydrogen-bond acceptors (Lipinski definition) is 6. The molecule has 0 bridgehead atoms. The molecule has 1 aliphatic rings. The quantitative estimate of drug-likeness (QED) is 0.216. The van der Waals surface area contributed by atoms with Crippen molar-refractivity contribution in [1.29, 1.82) is 0 Å². The standard InChI is InChI=1S/C30H31N5O7/c1-18(13-27(38)39)32-26(37)17-35-25(14-19-7-10-22(36)11-8-19)28(40)34-24-12-9-21(15-23(24)29(35)41)33-30(42)31-16-20-5-3-2-4-6-20/h2-12,15,18,25,36H,13-14,16-17H2,1H3,(H,32,37)(H,34,40)(H,38,39)(H2,31,33,42)/t18-,25+/m1/s1. The maximum absolute atomic E-state index is 13.9. The van der Waals surface area contributed by atoms with E-state index in [4.69, 9.17) is 5.11 Å². The number of aliphatic carboxylic acids is 1. The number of anilines is 2. The van der Waals surface area contributed by atoms with E-state index in [0.29, 0.717) is 11.3 Å². The number of phenolic OH excluding ortho intramolecular Hbond substituents is 1. The van der Waals surface area contributed by atoms with Crippen LogP contribution in [0.4, 0.5) is 16.2 Å². The van der Waals surface area contributed by atoms with Gasteiger partial charge in [-0.25, -0.2) is 4.79 Å². The number of rotatable bonds is 10. The minimum absolute atomic E-state index is 0.0315. The van der Waals surface area contributed by atoms with Gasteiger partial charge in [0.15, 0.2) is 0 Å². The molecule has 0 fully saturated rings. The molecule has 5 amide bonds. The van der Waals surface area contributed by atoms with Crippen molar-refractivity contribution in [3.63, 3.8) is 0 Å². The van der Waals surface area contributed by atoms with E-state index >= 15 is 0 Å². The first-order chi connectivity index (χ1) is 20.1. The van der Waals surface area contributed by atoms with Crippen LogP contribution in [0.3, 0.4) is 0 Å². The number of carbonyl (C=O) groups excluding carboxylic acids is 4. The number of urea groups is 1. The van der Waals surface area contributed by atoms with Crippen LogP contribution in [0.5, 0.6) is 5.75 Å². The zero-order valence-electron chi connectivity index (χ0n) is 22.8. The van der Waals surface area contributed by atoms with Crippen molar-refractivity contribution in [1.82, 2.24) is 15.5 Å². The lowest BCUT2D eigenvalue weighted by Gasteiger charge is -2.29. The SMILES string of the molecule is C[C@H](CC(=O)O)NC(=O)CN1C(=O)c2cc(NC(=O)NCc3ccccc3)ccc2NC(=O)[C@@H]1Cc1ccc(O)cc1. The molecule has 0 unspecified atom stereocenters. The van der Waals surface area contributed by atoms with Crippen LogP contribution in [0.25, 0.3) is 0 Å². The third-order valence-corrected chi connectivity index (χ3v) is 6.57. The predicted octanol–water partition coefficient (Wildman–Crippen LogP) is 2.70. The van der Waals surface area contributed by atoms with Crippen LogP contribution in [0.15, 0.2) is 72.8 Å². The van der Waals surface area contributed by atoms with Crippen molar-refractivity contribution in [3.8, 4) is 5.75 Å². The minimum atomic E-state index is -1.11. The highest BCUT2D eigenvalue weighted by Crippen LogP contribution is 2.28. The molecule has 0 aliphatic carbocycles. The first-order valence-electron chi connectivity index (χ1n) is 13.2. The van der Waals surface area contributed by atoms with Gasteiger partial charge in [-0.1, -0.05) is 42.5 Å². The van der Waals surface area contributed by atoms with Gasteiger partial charge in [-0.05, 0) is 48.4 Å². The number of phenols is 1. The molecule has 0 saturated carbocycles. The second-order valence-electron chi connectivity index (χ2n) is 9.93. The van der Waals surface area contributed by atoms with E-state index < -0.39 is 48.4 Å².